The van der Waals surface area contributed by atoms with Gasteiger partial charge in [0.25, 0.3) is 5.91 Å². The molecule has 21 heteroatoms. The van der Waals surface area contributed by atoms with Crippen LogP contribution in [0.5, 0.6) is 17.2 Å². The normalized spacial score (nSPS) is 13.7. The lowest BCUT2D eigenvalue weighted by atomic mass is 10.1. The molecule has 6 rings (SSSR count). The quantitative estimate of drug-likeness (QED) is 0.0651. The summed E-state index contributed by atoms with van der Waals surface area (Å²) in [6.45, 7) is 5.93. The van der Waals surface area contributed by atoms with Crippen LogP contribution in [-0.4, -0.2) is 105 Å². The Morgan fingerprint density at radius 3 is 2.00 bits per heavy atom. The van der Waals surface area contributed by atoms with Gasteiger partial charge in [-0.05, 0) is 85.6 Å². The van der Waals surface area contributed by atoms with Crippen LogP contribution >= 0.6 is 18.9 Å². The number of aromatic hydroxyl groups is 1. The summed E-state index contributed by atoms with van der Waals surface area (Å²) in [6.07, 6.45) is 0.240. The van der Waals surface area contributed by atoms with Crippen molar-refractivity contribution in [1.29, 1.82) is 0 Å². The standard InChI is InChI=1S/C26H30N3O9PS2.C12H13NO5.CH4/c1-4-36-39(32,37-5-2)16-20-17-40-25(27-20)28-24(30)19-12-18(15-29-10-11-35-26(29)31)13-22(14-19)38-21-6-8-23(9-7-21)41(3,33)34;1-17-11(15)9-4-8(5-10(14)6-9)7-13-2-3-18-12(13)16;/h6-9,12-14,17H,4-5,10-11,15-16H2,1-3H3,(H,27,28,30);4-6,14H,2-3,7H2,1H3;1H4. The molecule has 2 aliphatic heterocycles. The molecular weight excluding hydrogens is 844 g/mol. The van der Waals surface area contributed by atoms with Gasteiger partial charge in [0.2, 0.25) is 0 Å². The first kappa shape index (κ1) is 47.2. The number of sulfone groups is 1. The molecule has 2 aliphatic rings. The monoisotopic (exact) mass is 890 g/mol. The molecule has 0 radical (unpaired) electrons. The van der Waals surface area contributed by atoms with Crippen molar-refractivity contribution in [3.63, 3.8) is 0 Å². The number of esters is 1. The number of thiazole rings is 1. The fourth-order valence-electron chi connectivity index (χ4n) is 5.74. The number of carbonyl (C=O) groups is 4. The van der Waals surface area contributed by atoms with Gasteiger partial charge in [-0.15, -0.1) is 11.3 Å². The van der Waals surface area contributed by atoms with E-state index in [1.807, 2.05) is 0 Å². The molecule has 0 atom stereocenters. The lowest BCUT2D eigenvalue weighted by molar-refractivity contribution is 0.0599. The number of phenols is 1. The molecule has 4 aromatic rings. The maximum Gasteiger partial charge on any atom is 0.410 e. The summed E-state index contributed by atoms with van der Waals surface area (Å²) in [7, 11) is -5.46. The second-order valence-electron chi connectivity index (χ2n) is 12.9. The van der Waals surface area contributed by atoms with E-state index in [9.17, 15) is 37.3 Å². The third-order valence-corrected chi connectivity index (χ3v) is 12.3. The highest BCUT2D eigenvalue weighted by molar-refractivity contribution is 7.90. The molecule has 2 saturated heterocycles. The van der Waals surface area contributed by atoms with Crippen LogP contribution in [0.25, 0.3) is 0 Å². The van der Waals surface area contributed by atoms with E-state index in [0.717, 1.165) is 6.26 Å². The van der Waals surface area contributed by atoms with E-state index >= 15 is 0 Å². The first-order chi connectivity index (χ1) is 28.1. The number of ether oxygens (including phenoxy) is 4. The minimum absolute atomic E-state index is 0. The number of phenolic OH excluding ortho intramolecular Hbond substituents is 1. The summed E-state index contributed by atoms with van der Waals surface area (Å²) >= 11 is 1.17. The van der Waals surface area contributed by atoms with Crippen LogP contribution in [0, 0.1) is 0 Å². The molecule has 2 N–H and O–H groups in total. The topological polar surface area (TPSA) is 226 Å². The van der Waals surface area contributed by atoms with E-state index in [-0.39, 0.29) is 73.4 Å². The second kappa shape index (κ2) is 21.1. The smallest absolute Gasteiger partial charge is 0.410 e. The molecule has 18 nitrogen and oxygen atoms in total. The van der Waals surface area contributed by atoms with Gasteiger partial charge in [-0.1, -0.05) is 7.43 Å². The molecule has 2 fully saturated rings. The molecule has 0 saturated carbocycles. The van der Waals surface area contributed by atoms with E-state index in [1.165, 1.54) is 70.7 Å². The Bertz CT molecular complexity index is 2310. The minimum Gasteiger partial charge on any atom is -0.508 e. The fourth-order valence-corrected chi connectivity index (χ4v) is 8.80. The first-order valence-electron chi connectivity index (χ1n) is 18.1. The Kier molecular flexibility index (Phi) is 16.6. The number of hydrogen-bond acceptors (Lipinski definition) is 16. The van der Waals surface area contributed by atoms with Crippen molar-refractivity contribution in [2.45, 2.75) is 45.4 Å². The predicted octanol–water partition coefficient (Wildman–Crippen LogP) is 7.08. The molecule has 0 spiro atoms. The van der Waals surface area contributed by atoms with Crippen LogP contribution in [0.15, 0.2) is 70.9 Å². The average molecular weight is 891 g/mol. The van der Waals surface area contributed by atoms with Crippen molar-refractivity contribution in [3.8, 4) is 17.2 Å². The van der Waals surface area contributed by atoms with E-state index in [2.05, 4.69) is 15.0 Å². The molecule has 3 aromatic carbocycles. The van der Waals surface area contributed by atoms with Crippen molar-refractivity contribution < 1.29 is 65.3 Å². The average Bonchev–Trinajstić information content (AvgIpc) is 3.92. The molecule has 3 amide bonds. The van der Waals surface area contributed by atoms with Crippen molar-refractivity contribution >= 4 is 58.0 Å². The van der Waals surface area contributed by atoms with Gasteiger partial charge in [0.05, 0.1) is 55.7 Å². The van der Waals surface area contributed by atoms with E-state index in [1.54, 1.807) is 37.4 Å². The number of carbonyl (C=O) groups excluding carboxylic acids is 4. The number of rotatable bonds is 16. The summed E-state index contributed by atoms with van der Waals surface area (Å²) in [4.78, 5) is 55.4. The zero-order valence-electron chi connectivity index (χ0n) is 32.6. The van der Waals surface area contributed by atoms with E-state index in [0.29, 0.717) is 48.0 Å². The minimum atomic E-state index is -3.37. The van der Waals surface area contributed by atoms with Gasteiger partial charge >= 0.3 is 25.8 Å². The summed E-state index contributed by atoms with van der Waals surface area (Å²) in [5.41, 5.74) is 2.21. The third kappa shape index (κ3) is 13.2. The maximum absolute atomic E-state index is 13.3. The number of benzene rings is 3. The largest absolute Gasteiger partial charge is 0.508 e. The summed E-state index contributed by atoms with van der Waals surface area (Å²) in [6, 6.07) is 15.1. The van der Waals surface area contributed by atoms with Gasteiger partial charge in [-0.3, -0.25) is 14.7 Å². The number of nitrogens with zero attached hydrogens (tertiary/aromatic N) is 3. The zero-order valence-corrected chi connectivity index (χ0v) is 35.1. The molecule has 0 unspecified atom stereocenters. The highest BCUT2D eigenvalue weighted by atomic mass is 32.2. The van der Waals surface area contributed by atoms with Gasteiger partial charge in [0, 0.05) is 30.3 Å². The van der Waals surface area contributed by atoms with Crippen molar-refractivity contribution in [3.05, 3.63) is 94.0 Å². The van der Waals surface area contributed by atoms with Crippen LogP contribution in [-0.2, 0) is 56.9 Å². The van der Waals surface area contributed by atoms with Crippen molar-refractivity contribution in [2.75, 3.05) is 58.2 Å². The van der Waals surface area contributed by atoms with Crippen LogP contribution in [0.4, 0.5) is 14.7 Å². The lowest BCUT2D eigenvalue weighted by Gasteiger charge is -2.16. The molecule has 324 valence electrons. The van der Waals surface area contributed by atoms with Crippen LogP contribution in [0.3, 0.4) is 0 Å². The molecule has 60 heavy (non-hydrogen) atoms. The molecular formula is C39H47N4O14PS2. The zero-order chi connectivity index (χ0) is 42.7. The molecule has 3 heterocycles. The Morgan fingerprint density at radius 2 is 1.47 bits per heavy atom. The maximum atomic E-state index is 13.3. The van der Waals surface area contributed by atoms with Gasteiger partial charge < -0.3 is 42.9 Å². The molecule has 0 aliphatic carbocycles. The van der Waals surface area contributed by atoms with Crippen LogP contribution in [0.2, 0.25) is 0 Å². The Morgan fingerprint density at radius 1 is 0.883 bits per heavy atom. The number of cyclic esters (lactones) is 2. The number of hydrogen-bond donors (Lipinski definition) is 2. The Balaban J connectivity index is 0.000000349. The van der Waals surface area contributed by atoms with Crippen molar-refractivity contribution in [1.82, 2.24) is 14.8 Å². The molecule has 1 aromatic heterocycles. The van der Waals surface area contributed by atoms with Crippen LogP contribution < -0.4 is 10.1 Å². The summed E-state index contributed by atoms with van der Waals surface area (Å²) in [5.74, 6) is -0.385. The summed E-state index contributed by atoms with van der Waals surface area (Å²) < 4.78 is 67.4. The SMILES string of the molecule is C.CCOP(=O)(Cc1csc(NC(=O)c2cc(CN3CCOC3=O)cc(Oc3ccc(S(C)(=O)=O)cc3)c2)n1)OCC.COC(=O)c1cc(O)cc(CN2CCOC2=O)c1. The Hall–Kier alpha value is -5.53. The number of aromatic nitrogens is 1. The van der Waals surface area contributed by atoms with E-state index < -0.39 is 41.5 Å². The number of nitrogens with one attached hydrogen (secondary N) is 1. The third-order valence-electron chi connectivity index (χ3n) is 8.33. The van der Waals surface area contributed by atoms with Gasteiger partial charge in [-0.2, -0.15) is 0 Å². The van der Waals surface area contributed by atoms with Gasteiger partial charge in [0.1, 0.15) is 30.5 Å². The van der Waals surface area contributed by atoms with Crippen molar-refractivity contribution in [2.24, 2.45) is 0 Å². The predicted molar refractivity (Wildman–Crippen MR) is 220 cm³/mol. The Labute approximate surface area is 351 Å². The fraction of sp³-hybridized carbons (Fsp3) is 0.359. The summed E-state index contributed by atoms with van der Waals surface area (Å²) in [5, 5.41) is 14.2. The first-order valence-corrected chi connectivity index (χ1v) is 22.6. The highest BCUT2D eigenvalue weighted by Gasteiger charge is 2.27. The van der Waals surface area contributed by atoms with Gasteiger partial charge in [-0.25, -0.2) is 27.8 Å². The second-order valence-corrected chi connectivity index (χ2v) is 17.8. The van der Waals surface area contributed by atoms with Gasteiger partial charge in [0.15, 0.2) is 15.0 Å². The lowest BCUT2D eigenvalue weighted by Crippen LogP contribution is -2.23. The number of anilines is 1. The number of methoxy groups -OCH3 is 1. The highest BCUT2D eigenvalue weighted by Crippen LogP contribution is 2.51. The van der Waals surface area contributed by atoms with Crippen LogP contribution in [0.1, 0.15) is 58.8 Å². The molecule has 0 bridgehead atoms. The number of amides is 3. The van der Waals surface area contributed by atoms with E-state index in [4.69, 9.17) is 23.3 Å².